The summed E-state index contributed by atoms with van der Waals surface area (Å²) in [5.41, 5.74) is -0.401. The van der Waals surface area contributed by atoms with Crippen molar-refractivity contribution in [2.24, 2.45) is 17.8 Å². The number of fused-ring (bicyclic) bond motifs is 1. The van der Waals surface area contributed by atoms with E-state index in [1.54, 1.807) is 18.7 Å². The number of hydrogen-bond donors (Lipinski definition) is 1. The summed E-state index contributed by atoms with van der Waals surface area (Å²) in [6.07, 6.45) is 2.89. The Labute approximate surface area is 182 Å². The fraction of sp³-hybridized carbons (Fsp3) is 0.773. The maximum atomic E-state index is 12.9. The number of rotatable bonds is 4. The smallest absolute Gasteiger partial charge is 0.235 e. The Morgan fingerprint density at radius 3 is 2.48 bits per heavy atom. The number of aryl methyl sites for hydroxylation is 1. The number of carbonyl (C=O) groups excluding carboxylic acids is 3. The van der Waals surface area contributed by atoms with Gasteiger partial charge in [0.1, 0.15) is 0 Å². The zero-order valence-electron chi connectivity index (χ0n) is 18.9. The van der Waals surface area contributed by atoms with Crippen molar-refractivity contribution in [3.63, 3.8) is 0 Å². The minimum atomic E-state index is -0.401. The summed E-state index contributed by atoms with van der Waals surface area (Å²) in [5.74, 6) is 1.51. The second-order valence-electron chi connectivity index (χ2n) is 9.80. The van der Waals surface area contributed by atoms with E-state index in [0.29, 0.717) is 57.2 Å². The first-order chi connectivity index (χ1) is 14.7. The molecule has 2 saturated heterocycles. The van der Waals surface area contributed by atoms with E-state index in [9.17, 15) is 14.4 Å². The highest BCUT2D eigenvalue weighted by Gasteiger charge is 2.58. The molecule has 4 rings (SSSR count). The third kappa shape index (κ3) is 4.06. The molecule has 1 saturated carbocycles. The summed E-state index contributed by atoms with van der Waals surface area (Å²) in [6, 6.07) is 0.0202. The highest BCUT2D eigenvalue weighted by Crippen LogP contribution is 2.50. The number of hydrogen-bond acceptors (Lipinski definition) is 6. The monoisotopic (exact) mass is 431 g/mol. The van der Waals surface area contributed by atoms with Gasteiger partial charge >= 0.3 is 0 Å². The van der Waals surface area contributed by atoms with E-state index < -0.39 is 5.41 Å². The molecule has 9 nitrogen and oxygen atoms in total. The van der Waals surface area contributed by atoms with Crippen LogP contribution in [0.2, 0.25) is 0 Å². The second-order valence-corrected chi connectivity index (χ2v) is 9.80. The molecule has 1 aromatic rings. The predicted octanol–water partition coefficient (Wildman–Crippen LogP) is 1.27. The van der Waals surface area contributed by atoms with E-state index in [-0.39, 0.29) is 41.5 Å². The highest BCUT2D eigenvalue weighted by atomic mass is 16.5. The number of nitrogens with one attached hydrogen (secondary N) is 1. The molecule has 1 N–H and O–H groups in total. The Morgan fingerprint density at radius 2 is 1.90 bits per heavy atom. The van der Waals surface area contributed by atoms with Gasteiger partial charge in [-0.25, -0.2) is 0 Å². The van der Waals surface area contributed by atoms with Crippen molar-refractivity contribution in [1.82, 2.24) is 25.3 Å². The van der Waals surface area contributed by atoms with Crippen LogP contribution in [0.25, 0.3) is 0 Å². The molecular weight excluding hydrogens is 398 g/mol. The summed E-state index contributed by atoms with van der Waals surface area (Å²) in [4.78, 5) is 45.4. The van der Waals surface area contributed by atoms with E-state index in [1.165, 1.54) is 0 Å². The number of amides is 3. The lowest BCUT2D eigenvalue weighted by atomic mass is 9.80. The van der Waals surface area contributed by atoms with Crippen LogP contribution in [0, 0.1) is 24.7 Å². The van der Waals surface area contributed by atoms with Crippen LogP contribution in [0.5, 0.6) is 0 Å². The van der Waals surface area contributed by atoms with Crippen molar-refractivity contribution in [3.8, 4) is 0 Å². The Balaban J connectivity index is 1.44. The first kappa shape index (κ1) is 21.8. The molecular formula is C22H33N5O4. The van der Waals surface area contributed by atoms with Gasteiger partial charge in [0, 0.05) is 51.0 Å². The molecule has 3 amide bonds. The molecule has 1 aliphatic carbocycles. The minimum absolute atomic E-state index is 0.0202. The van der Waals surface area contributed by atoms with Crippen LogP contribution in [0.4, 0.5) is 0 Å². The van der Waals surface area contributed by atoms with E-state index in [4.69, 9.17) is 4.52 Å². The molecule has 1 aromatic heterocycles. The maximum absolute atomic E-state index is 12.9. The van der Waals surface area contributed by atoms with Gasteiger partial charge in [0.2, 0.25) is 23.6 Å². The fourth-order valence-electron chi connectivity index (χ4n) is 5.62. The molecule has 3 atom stereocenters. The predicted molar refractivity (Wildman–Crippen MR) is 112 cm³/mol. The number of likely N-dealkylation sites (tertiary alicyclic amines) is 2. The summed E-state index contributed by atoms with van der Waals surface area (Å²) < 4.78 is 5.60. The average molecular weight is 432 g/mol. The molecule has 0 spiro atoms. The molecule has 170 valence electrons. The Bertz CT molecular complexity index is 860. The lowest BCUT2D eigenvalue weighted by Gasteiger charge is -2.31. The molecule has 9 heteroatoms. The first-order valence-corrected chi connectivity index (χ1v) is 11.3. The van der Waals surface area contributed by atoms with E-state index >= 15 is 0 Å². The Hall–Kier alpha value is -2.45. The zero-order valence-corrected chi connectivity index (χ0v) is 18.9. The van der Waals surface area contributed by atoms with Gasteiger partial charge in [0.15, 0.2) is 5.82 Å². The van der Waals surface area contributed by atoms with Crippen LogP contribution in [0.3, 0.4) is 0 Å². The summed E-state index contributed by atoms with van der Waals surface area (Å²) >= 11 is 0. The largest absolute Gasteiger partial charge is 0.353 e. The lowest BCUT2D eigenvalue weighted by molar-refractivity contribution is -0.134. The third-order valence-electron chi connectivity index (χ3n) is 7.29. The molecule has 0 bridgehead atoms. The third-order valence-corrected chi connectivity index (χ3v) is 7.29. The van der Waals surface area contributed by atoms with Crippen LogP contribution in [-0.4, -0.2) is 69.9 Å². The number of aromatic nitrogens is 2. The van der Waals surface area contributed by atoms with Crippen molar-refractivity contribution in [3.05, 3.63) is 11.7 Å². The van der Waals surface area contributed by atoms with Crippen LogP contribution < -0.4 is 5.32 Å². The molecule has 2 aliphatic heterocycles. The van der Waals surface area contributed by atoms with Gasteiger partial charge < -0.3 is 19.6 Å². The Kier molecular flexibility index (Phi) is 5.79. The highest BCUT2D eigenvalue weighted by molar-refractivity contribution is 5.80. The van der Waals surface area contributed by atoms with Crippen molar-refractivity contribution in [1.29, 1.82) is 0 Å². The normalized spacial score (nSPS) is 28.8. The Morgan fingerprint density at radius 1 is 1.19 bits per heavy atom. The fourth-order valence-corrected chi connectivity index (χ4v) is 5.62. The molecule has 3 aliphatic rings. The molecule has 0 aromatic carbocycles. The van der Waals surface area contributed by atoms with Gasteiger partial charge in [0.05, 0.1) is 5.41 Å². The summed E-state index contributed by atoms with van der Waals surface area (Å²) in [7, 11) is 0. The SMILES string of the molecule is CC(=O)N1CCC(C(=O)N[C@@H]2C[C@H]3CN(C(=O)C(C)C)C[C@@]3(c3nc(C)no3)C2)CC1. The number of carbonyl (C=O) groups is 3. The van der Waals surface area contributed by atoms with Crippen LogP contribution in [0.1, 0.15) is 58.2 Å². The van der Waals surface area contributed by atoms with Gasteiger partial charge in [-0.15, -0.1) is 0 Å². The zero-order chi connectivity index (χ0) is 22.3. The van der Waals surface area contributed by atoms with Crippen molar-refractivity contribution in [2.45, 2.75) is 64.8 Å². The lowest BCUT2D eigenvalue weighted by Crippen LogP contribution is -2.45. The standard InChI is InChI=1S/C22H33N5O4/c1-13(2)20(30)27-11-17-9-18(10-22(17,12-27)21-23-14(3)25-31-21)24-19(29)16-5-7-26(8-6-16)15(4)28/h13,16-18H,5-12H2,1-4H3,(H,24,29)/t17-,18+,22-/m0/s1. The number of piperidine rings is 1. The second kappa shape index (κ2) is 8.24. The molecule has 3 heterocycles. The maximum Gasteiger partial charge on any atom is 0.235 e. The van der Waals surface area contributed by atoms with Gasteiger partial charge in [-0.3, -0.25) is 14.4 Å². The molecule has 31 heavy (non-hydrogen) atoms. The van der Waals surface area contributed by atoms with Crippen molar-refractivity contribution >= 4 is 17.7 Å². The van der Waals surface area contributed by atoms with Crippen LogP contribution in [0.15, 0.2) is 4.52 Å². The van der Waals surface area contributed by atoms with Crippen LogP contribution >= 0.6 is 0 Å². The number of nitrogens with zero attached hydrogens (tertiary/aromatic N) is 4. The first-order valence-electron chi connectivity index (χ1n) is 11.3. The molecule has 3 fully saturated rings. The van der Waals surface area contributed by atoms with Gasteiger partial charge in [0.25, 0.3) is 0 Å². The van der Waals surface area contributed by atoms with E-state index in [2.05, 4.69) is 15.5 Å². The van der Waals surface area contributed by atoms with E-state index in [1.807, 2.05) is 18.7 Å². The summed E-state index contributed by atoms with van der Waals surface area (Å²) in [5, 5.41) is 7.25. The topological polar surface area (TPSA) is 109 Å². The van der Waals surface area contributed by atoms with Crippen LogP contribution in [-0.2, 0) is 19.8 Å². The average Bonchev–Trinajstić information content (AvgIpc) is 3.40. The summed E-state index contributed by atoms with van der Waals surface area (Å²) in [6.45, 7) is 9.69. The van der Waals surface area contributed by atoms with Crippen molar-refractivity contribution < 1.29 is 18.9 Å². The minimum Gasteiger partial charge on any atom is -0.353 e. The van der Waals surface area contributed by atoms with E-state index in [0.717, 1.165) is 6.42 Å². The van der Waals surface area contributed by atoms with Gasteiger partial charge in [-0.2, -0.15) is 4.98 Å². The van der Waals surface area contributed by atoms with Gasteiger partial charge in [-0.05, 0) is 38.5 Å². The van der Waals surface area contributed by atoms with Crippen molar-refractivity contribution in [2.75, 3.05) is 26.2 Å². The molecule has 0 radical (unpaired) electrons. The quantitative estimate of drug-likeness (QED) is 0.769. The van der Waals surface area contributed by atoms with Gasteiger partial charge in [-0.1, -0.05) is 19.0 Å². The molecule has 0 unspecified atom stereocenters.